The summed E-state index contributed by atoms with van der Waals surface area (Å²) in [5, 5.41) is 49.7. The van der Waals surface area contributed by atoms with Gasteiger partial charge in [-0.3, -0.25) is 19.9 Å². The molecule has 3 N–H and O–H groups in total. The number of aliphatic hydroxyl groups excluding tert-OH is 1. The second-order valence-electron chi connectivity index (χ2n) is 5.97. The zero-order valence-electron chi connectivity index (χ0n) is 15.7. The first kappa shape index (κ1) is 21.7. The van der Waals surface area contributed by atoms with Crippen molar-refractivity contribution in [3.05, 3.63) is 63.5 Å². The zero-order valence-corrected chi connectivity index (χ0v) is 15.7. The monoisotopic (exact) mass is 408 g/mol. The van der Waals surface area contributed by atoms with E-state index in [1.807, 2.05) is 6.07 Å². The molecule has 1 aromatic carbocycles. The molecular weight excluding hydrogens is 392 g/mol. The number of amides is 1. The number of phenolic OH excluding ortho intramolecular Hbond substituents is 2. The van der Waals surface area contributed by atoms with E-state index in [9.17, 15) is 35.5 Å². The SMILES string of the molecule is CN(CC#CCc1ccccn1)C(=O)/C(C#N)=C(\O)c1cc(O)c(O)c([N+](=O)[O-])c1. The molecule has 1 amide bonds. The van der Waals surface area contributed by atoms with E-state index < -0.39 is 39.3 Å². The Labute approximate surface area is 171 Å². The van der Waals surface area contributed by atoms with Crippen LogP contribution in [-0.4, -0.2) is 49.6 Å². The smallest absolute Gasteiger partial charge is 0.315 e. The number of aliphatic hydroxyl groups is 1. The van der Waals surface area contributed by atoms with Gasteiger partial charge in [0.1, 0.15) is 11.8 Å². The number of hydrogen-bond acceptors (Lipinski definition) is 8. The van der Waals surface area contributed by atoms with Crippen molar-refractivity contribution in [2.24, 2.45) is 0 Å². The molecular formula is C20H16N4O6. The molecule has 2 aromatic rings. The molecule has 0 aliphatic heterocycles. The average Bonchev–Trinajstić information content (AvgIpc) is 2.73. The van der Waals surface area contributed by atoms with Crippen molar-refractivity contribution in [3.8, 4) is 29.4 Å². The van der Waals surface area contributed by atoms with Gasteiger partial charge in [-0.15, -0.1) is 0 Å². The quantitative estimate of drug-likeness (QED) is 0.129. The van der Waals surface area contributed by atoms with Gasteiger partial charge < -0.3 is 20.2 Å². The number of aromatic nitrogens is 1. The number of hydrogen-bond donors (Lipinski definition) is 3. The number of carbonyl (C=O) groups is 1. The van der Waals surface area contributed by atoms with E-state index in [2.05, 4.69) is 16.8 Å². The van der Waals surface area contributed by atoms with Gasteiger partial charge in [-0.05, 0) is 18.2 Å². The molecule has 0 bridgehead atoms. The number of nitro groups is 1. The summed E-state index contributed by atoms with van der Waals surface area (Å²) in [5.41, 5.74) is -1.22. The second kappa shape index (κ2) is 9.57. The maximum absolute atomic E-state index is 12.5. The maximum atomic E-state index is 12.5. The highest BCUT2D eigenvalue weighted by Crippen LogP contribution is 2.38. The fourth-order valence-corrected chi connectivity index (χ4v) is 2.32. The minimum atomic E-state index is -0.998. The third-order valence-electron chi connectivity index (χ3n) is 3.89. The molecule has 0 saturated carbocycles. The van der Waals surface area contributed by atoms with E-state index in [-0.39, 0.29) is 12.1 Å². The highest BCUT2D eigenvalue weighted by Gasteiger charge is 2.24. The van der Waals surface area contributed by atoms with Gasteiger partial charge in [0.15, 0.2) is 11.3 Å². The van der Waals surface area contributed by atoms with Crippen LogP contribution in [-0.2, 0) is 11.2 Å². The number of rotatable bonds is 5. The molecule has 10 nitrogen and oxygen atoms in total. The van der Waals surface area contributed by atoms with Crippen LogP contribution in [0.2, 0.25) is 0 Å². The Morgan fingerprint density at radius 2 is 2.03 bits per heavy atom. The number of phenols is 2. The molecule has 1 heterocycles. The standard InChI is InChI=1S/C20H16N4O6/c1-23(9-5-3-7-14-6-2-4-8-22-14)20(28)15(12-21)18(26)13-10-16(24(29)30)19(27)17(25)11-13/h2,4,6,8,10-11,25-27H,7,9H2,1H3/b18-15-. The Kier molecular flexibility index (Phi) is 6.93. The lowest BCUT2D eigenvalue weighted by atomic mass is 10.1. The third-order valence-corrected chi connectivity index (χ3v) is 3.89. The Morgan fingerprint density at radius 1 is 1.30 bits per heavy atom. The van der Waals surface area contributed by atoms with Crippen LogP contribution >= 0.6 is 0 Å². The normalized spacial score (nSPS) is 10.8. The molecule has 0 aliphatic carbocycles. The van der Waals surface area contributed by atoms with Crippen molar-refractivity contribution in [1.82, 2.24) is 9.88 Å². The number of nitrogens with zero attached hydrogens (tertiary/aromatic N) is 4. The summed E-state index contributed by atoms with van der Waals surface area (Å²) in [6, 6.07) is 8.47. The molecule has 10 heteroatoms. The molecule has 0 unspecified atom stereocenters. The fourth-order valence-electron chi connectivity index (χ4n) is 2.32. The fraction of sp³-hybridized carbons (Fsp3) is 0.150. The predicted molar refractivity (Wildman–Crippen MR) is 105 cm³/mol. The highest BCUT2D eigenvalue weighted by atomic mass is 16.6. The Bertz CT molecular complexity index is 1110. The lowest BCUT2D eigenvalue weighted by Gasteiger charge is -2.14. The summed E-state index contributed by atoms with van der Waals surface area (Å²) in [7, 11) is 1.36. The Balaban J connectivity index is 2.23. The number of nitriles is 1. The zero-order chi connectivity index (χ0) is 22.3. The minimum absolute atomic E-state index is 0.0505. The van der Waals surface area contributed by atoms with Gasteiger partial charge in [-0.1, -0.05) is 17.9 Å². The van der Waals surface area contributed by atoms with Crippen LogP contribution in [0.15, 0.2) is 42.1 Å². The van der Waals surface area contributed by atoms with E-state index in [0.717, 1.165) is 22.7 Å². The third kappa shape index (κ3) is 5.03. The number of likely N-dealkylation sites (N-methyl/N-ethyl adjacent to an activating group) is 1. The van der Waals surface area contributed by atoms with E-state index in [1.165, 1.54) is 7.05 Å². The molecule has 2 rings (SSSR count). The van der Waals surface area contributed by atoms with Crippen LogP contribution in [0.5, 0.6) is 11.5 Å². The summed E-state index contributed by atoms with van der Waals surface area (Å²) >= 11 is 0. The van der Waals surface area contributed by atoms with Crippen molar-refractivity contribution in [2.45, 2.75) is 6.42 Å². The summed E-state index contributed by atoms with van der Waals surface area (Å²) < 4.78 is 0. The number of aromatic hydroxyl groups is 2. The van der Waals surface area contributed by atoms with Gasteiger partial charge in [0, 0.05) is 24.9 Å². The molecule has 0 spiro atoms. The molecule has 0 fully saturated rings. The summed E-state index contributed by atoms with van der Waals surface area (Å²) in [6.45, 7) is -0.0505. The van der Waals surface area contributed by atoms with Gasteiger partial charge >= 0.3 is 5.69 Å². The lowest BCUT2D eigenvalue weighted by molar-refractivity contribution is -0.386. The number of benzene rings is 1. The Hall–Kier alpha value is -4.57. The molecule has 30 heavy (non-hydrogen) atoms. The van der Waals surface area contributed by atoms with Crippen molar-refractivity contribution in [3.63, 3.8) is 0 Å². The van der Waals surface area contributed by atoms with Gasteiger partial charge in [0.2, 0.25) is 5.75 Å². The van der Waals surface area contributed by atoms with Crippen LogP contribution in [0.25, 0.3) is 5.76 Å². The predicted octanol–water partition coefficient (Wildman–Crippen LogP) is 1.90. The van der Waals surface area contributed by atoms with Crippen LogP contribution in [0.3, 0.4) is 0 Å². The molecule has 0 radical (unpaired) electrons. The average molecular weight is 408 g/mol. The first-order valence-electron chi connectivity index (χ1n) is 8.41. The summed E-state index contributed by atoms with van der Waals surface area (Å²) in [5.74, 6) is 1.95. The van der Waals surface area contributed by atoms with Gasteiger partial charge in [0.05, 0.1) is 23.6 Å². The van der Waals surface area contributed by atoms with Gasteiger partial charge in [0.25, 0.3) is 5.91 Å². The number of carbonyl (C=O) groups excluding carboxylic acids is 1. The van der Waals surface area contributed by atoms with Crippen LogP contribution in [0.4, 0.5) is 5.69 Å². The Morgan fingerprint density at radius 3 is 2.63 bits per heavy atom. The van der Waals surface area contributed by atoms with Crippen molar-refractivity contribution < 1.29 is 25.0 Å². The van der Waals surface area contributed by atoms with Crippen molar-refractivity contribution >= 4 is 17.4 Å². The molecule has 152 valence electrons. The number of nitro benzene ring substituents is 1. The van der Waals surface area contributed by atoms with Gasteiger partial charge in [-0.2, -0.15) is 5.26 Å². The first-order valence-corrected chi connectivity index (χ1v) is 8.41. The molecule has 0 atom stereocenters. The van der Waals surface area contributed by atoms with E-state index >= 15 is 0 Å². The summed E-state index contributed by atoms with van der Waals surface area (Å²) in [6.07, 6.45) is 2.00. The minimum Gasteiger partial charge on any atom is -0.506 e. The maximum Gasteiger partial charge on any atom is 0.315 e. The topological polar surface area (TPSA) is 161 Å². The summed E-state index contributed by atoms with van der Waals surface area (Å²) in [4.78, 5) is 27.6. The second-order valence-corrected chi connectivity index (χ2v) is 5.97. The van der Waals surface area contributed by atoms with Crippen LogP contribution < -0.4 is 0 Å². The molecule has 0 aliphatic rings. The molecule has 1 aromatic heterocycles. The van der Waals surface area contributed by atoms with Crippen LogP contribution in [0.1, 0.15) is 11.3 Å². The highest BCUT2D eigenvalue weighted by molar-refractivity contribution is 6.03. The largest absolute Gasteiger partial charge is 0.506 e. The molecule has 0 saturated heterocycles. The van der Waals surface area contributed by atoms with E-state index in [1.54, 1.807) is 24.4 Å². The lowest BCUT2D eigenvalue weighted by Crippen LogP contribution is -2.28. The number of pyridine rings is 1. The van der Waals surface area contributed by atoms with Gasteiger partial charge in [-0.25, -0.2) is 0 Å². The van der Waals surface area contributed by atoms with E-state index in [4.69, 9.17) is 0 Å². The first-order chi connectivity index (χ1) is 14.3. The van der Waals surface area contributed by atoms with Crippen molar-refractivity contribution in [2.75, 3.05) is 13.6 Å². The van der Waals surface area contributed by atoms with E-state index in [0.29, 0.717) is 6.42 Å². The van der Waals surface area contributed by atoms with Crippen molar-refractivity contribution in [1.29, 1.82) is 5.26 Å². The van der Waals surface area contributed by atoms with Crippen LogP contribution in [0, 0.1) is 33.3 Å².